The largest absolute Gasteiger partial charge is 0.497 e. The molecule has 0 radical (unpaired) electrons. The third kappa shape index (κ3) is 5.86. The van der Waals surface area contributed by atoms with Gasteiger partial charge in [0, 0.05) is 42.8 Å². The lowest BCUT2D eigenvalue weighted by Crippen LogP contribution is -2.52. The number of hydrogen-bond donors (Lipinski definition) is 1. The van der Waals surface area contributed by atoms with Crippen molar-refractivity contribution in [2.24, 2.45) is 5.92 Å². The number of rotatable bonds is 11. The summed E-state index contributed by atoms with van der Waals surface area (Å²) in [6.45, 7) is 0.569. The number of sulfonamides is 1. The van der Waals surface area contributed by atoms with Crippen LogP contribution in [0.2, 0.25) is 0 Å². The lowest BCUT2D eigenvalue weighted by molar-refractivity contribution is -0.178. The second kappa shape index (κ2) is 13.2. The van der Waals surface area contributed by atoms with Crippen LogP contribution in [0.25, 0.3) is 0 Å². The molecule has 0 spiro atoms. The highest BCUT2D eigenvalue weighted by Gasteiger charge is 2.70. The average molecular weight is 672 g/mol. The first-order valence-electron chi connectivity index (χ1n) is 14.9. The van der Waals surface area contributed by atoms with Gasteiger partial charge in [-0.2, -0.15) is 5.10 Å². The van der Waals surface area contributed by atoms with Crippen molar-refractivity contribution in [2.75, 3.05) is 20.8 Å². The van der Waals surface area contributed by atoms with Crippen LogP contribution in [0, 0.1) is 5.92 Å². The molecule has 6 rings (SSSR count). The molecule has 2 aliphatic rings. The van der Waals surface area contributed by atoms with E-state index in [0.29, 0.717) is 23.7 Å². The van der Waals surface area contributed by atoms with Crippen molar-refractivity contribution in [3.63, 3.8) is 0 Å². The summed E-state index contributed by atoms with van der Waals surface area (Å²) in [7, 11) is -1.19. The molecule has 1 aliphatic carbocycles. The van der Waals surface area contributed by atoms with Gasteiger partial charge in [0.15, 0.2) is 11.3 Å². The highest BCUT2D eigenvalue weighted by Crippen LogP contribution is 2.62. The first-order valence-corrected chi connectivity index (χ1v) is 16.9. The molecule has 244 valence electrons. The van der Waals surface area contributed by atoms with E-state index < -0.39 is 32.6 Å². The summed E-state index contributed by atoms with van der Waals surface area (Å²) in [6.07, 6.45) is 6.52. The van der Waals surface area contributed by atoms with Crippen LogP contribution >= 0.6 is 11.6 Å². The number of hydrogen-bond acceptors (Lipinski definition) is 9. The number of nitrogens with one attached hydrogen (secondary N) is 1. The summed E-state index contributed by atoms with van der Waals surface area (Å²) < 4.78 is 64.3. The third-order valence-electron chi connectivity index (χ3n) is 8.76. The zero-order valence-corrected chi connectivity index (χ0v) is 27.0. The molecular formula is C32H35ClFN5O6S. The highest BCUT2D eigenvalue weighted by atomic mass is 35.5. The molecule has 3 unspecified atom stereocenters. The maximum absolute atomic E-state index is 18.9. The quantitative estimate of drug-likeness (QED) is 0.168. The standard InChI is InChI=1S/C32H35ClFN5O6S/c1-42-23-12-11-22(27(19-23)43-2)18-25-26(33)20-31(28-13-15-35-21-36-28,45-38-46(40,41)24-8-4-3-5-9-24)32(25,34)29-14-16-39(37-29)30-10-6-7-17-44-30/h3-5,8-9,11-16,19,21,25-26,30,38H,6-7,10,17-18,20H2,1-2H3/t25?,26?,30?,31-,32+/m0/s1. The van der Waals surface area contributed by atoms with Crippen molar-refractivity contribution in [1.82, 2.24) is 24.6 Å². The van der Waals surface area contributed by atoms with Crippen molar-refractivity contribution in [2.45, 2.75) is 59.9 Å². The molecule has 2 aromatic heterocycles. The minimum atomic E-state index is -4.26. The Hall–Kier alpha value is -3.62. The Morgan fingerprint density at radius 3 is 2.61 bits per heavy atom. The first kappa shape index (κ1) is 32.3. The summed E-state index contributed by atoms with van der Waals surface area (Å²) in [5, 5.41) is 3.84. The molecule has 4 aromatic rings. The fourth-order valence-electron chi connectivity index (χ4n) is 6.42. The number of methoxy groups -OCH3 is 2. The highest BCUT2D eigenvalue weighted by molar-refractivity contribution is 7.89. The molecule has 1 saturated carbocycles. The van der Waals surface area contributed by atoms with Crippen LogP contribution in [0.1, 0.15) is 48.9 Å². The summed E-state index contributed by atoms with van der Waals surface area (Å²) in [5.41, 5.74) is -3.84. The number of ether oxygens (including phenoxy) is 3. The van der Waals surface area contributed by atoms with Crippen molar-refractivity contribution < 1.29 is 31.9 Å². The van der Waals surface area contributed by atoms with E-state index in [1.165, 1.54) is 37.8 Å². The molecule has 1 aliphatic heterocycles. The van der Waals surface area contributed by atoms with E-state index in [1.54, 1.807) is 60.5 Å². The maximum atomic E-state index is 18.9. The van der Waals surface area contributed by atoms with E-state index in [2.05, 4.69) is 14.9 Å². The molecule has 5 atom stereocenters. The zero-order valence-electron chi connectivity index (χ0n) is 25.4. The van der Waals surface area contributed by atoms with Crippen molar-refractivity contribution in [1.29, 1.82) is 0 Å². The Morgan fingerprint density at radius 1 is 1.09 bits per heavy atom. The van der Waals surface area contributed by atoms with Crippen LogP contribution in [0.4, 0.5) is 4.39 Å². The molecule has 14 heteroatoms. The topological polar surface area (TPSA) is 127 Å². The van der Waals surface area contributed by atoms with Crippen molar-refractivity contribution in [3.8, 4) is 11.5 Å². The van der Waals surface area contributed by atoms with E-state index in [0.717, 1.165) is 19.3 Å². The summed E-state index contributed by atoms with van der Waals surface area (Å²) in [5.74, 6) is 0.0568. The van der Waals surface area contributed by atoms with Gasteiger partial charge < -0.3 is 14.2 Å². The summed E-state index contributed by atoms with van der Waals surface area (Å²) >= 11 is 7.11. The predicted molar refractivity (Wildman–Crippen MR) is 166 cm³/mol. The number of nitrogens with zero attached hydrogens (tertiary/aromatic N) is 4. The third-order valence-corrected chi connectivity index (χ3v) is 10.4. The van der Waals surface area contributed by atoms with E-state index in [-0.39, 0.29) is 35.4 Å². The minimum absolute atomic E-state index is 0.000164. The van der Waals surface area contributed by atoms with Gasteiger partial charge in [0.05, 0.1) is 24.8 Å². The molecule has 2 fully saturated rings. The van der Waals surface area contributed by atoms with E-state index in [9.17, 15) is 8.42 Å². The van der Waals surface area contributed by atoms with Gasteiger partial charge in [0.25, 0.3) is 10.0 Å². The monoisotopic (exact) mass is 671 g/mol. The van der Waals surface area contributed by atoms with Crippen molar-refractivity contribution >= 4 is 21.6 Å². The van der Waals surface area contributed by atoms with Crippen LogP contribution in [0.3, 0.4) is 0 Å². The van der Waals surface area contributed by atoms with Crippen LogP contribution in [0.15, 0.2) is 84.3 Å². The molecule has 46 heavy (non-hydrogen) atoms. The normalized spacial score (nSPS) is 26.6. The van der Waals surface area contributed by atoms with Gasteiger partial charge in [0.2, 0.25) is 0 Å². The Balaban J connectivity index is 1.50. The SMILES string of the molecule is COc1ccc(CC2C(Cl)C[C@](ONS(=O)(=O)c3ccccc3)(c3ccncn3)[C@]2(F)c2ccn(C3CCCCO3)n2)c(OC)c1. The molecule has 11 nitrogen and oxygen atoms in total. The molecule has 0 bridgehead atoms. The van der Waals surface area contributed by atoms with Gasteiger partial charge >= 0.3 is 0 Å². The molecule has 1 N–H and O–H groups in total. The van der Waals surface area contributed by atoms with Crippen LogP contribution in [-0.2, 0) is 37.3 Å². The second-order valence-corrected chi connectivity index (χ2v) is 13.6. The lowest BCUT2D eigenvalue weighted by Gasteiger charge is -2.40. The smallest absolute Gasteiger partial charge is 0.262 e. The van der Waals surface area contributed by atoms with Crippen molar-refractivity contribution in [3.05, 3.63) is 96.3 Å². The predicted octanol–water partition coefficient (Wildman–Crippen LogP) is 5.23. The van der Waals surface area contributed by atoms with Gasteiger partial charge in [0.1, 0.15) is 29.7 Å². The van der Waals surface area contributed by atoms with E-state index >= 15 is 4.39 Å². The van der Waals surface area contributed by atoms with E-state index in [1.807, 2.05) is 0 Å². The van der Waals surface area contributed by atoms with Crippen LogP contribution in [0.5, 0.6) is 11.5 Å². The molecule has 2 aromatic carbocycles. The number of benzene rings is 2. The molecule has 1 saturated heterocycles. The zero-order chi connectivity index (χ0) is 32.4. The second-order valence-electron chi connectivity index (χ2n) is 11.3. The fraction of sp³-hybridized carbons (Fsp3) is 0.406. The molecular weight excluding hydrogens is 637 g/mol. The molecule has 0 amide bonds. The van der Waals surface area contributed by atoms with Gasteiger partial charge in [-0.25, -0.2) is 27.5 Å². The number of halogens is 2. The Labute approximate surface area is 272 Å². The summed E-state index contributed by atoms with van der Waals surface area (Å²) in [4.78, 5) is 16.7. The van der Waals surface area contributed by atoms with Gasteiger partial charge in [-0.15, -0.1) is 11.6 Å². The number of alkyl halides is 2. The maximum Gasteiger partial charge on any atom is 0.262 e. The lowest BCUT2D eigenvalue weighted by atomic mass is 9.75. The van der Waals surface area contributed by atoms with Gasteiger partial charge in [-0.1, -0.05) is 29.2 Å². The Morgan fingerprint density at radius 2 is 1.91 bits per heavy atom. The van der Waals surface area contributed by atoms with Crippen LogP contribution in [-0.4, -0.2) is 54.4 Å². The summed E-state index contributed by atoms with van der Waals surface area (Å²) in [6, 6.07) is 16.0. The van der Waals surface area contributed by atoms with Gasteiger partial charge in [-0.05, 0) is 61.6 Å². The number of aromatic nitrogens is 4. The minimum Gasteiger partial charge on any atom is -0.497 e. The fourth-order valence-corrected chi connectivity index (χ4v) is 7.77. The Bertz CT molecular complexity index is 1740. The van der Waals surface area contributed by atoms with E-state index in [4.69, 9.17) is 35.7 Å². The van der Waals surface area contributed by atoms with Gasteiger partial charge in [-0.3, -0.25) is 4.84 Å². The first-order chi connectivity index (χ1) is 22.2. The average Bonchev–Trinajstić information content (AvgIpc) is 3.68. The molecule has 3 heterocycles. The van der Waals surface area contributed by atoms with Crippen LogP contribution < -0.4 is 14.4 Å². The Kier molecular flexibility index (Phi) is 9.31.